The van der Waals surface area contributed by atoms with E-state index in [2.05, 4.69) is 0 Å². The van der Waals surface area contributed by atoms with Crippen molar-refractivity contribution in [2.24, 2.45) is 5.92 Å². The highest BCUT2D eigenvalue weighted by Crippen LogP contribution is 2.28. The summed E-state index contributed by atoms with van der Waals surface area (Å²) in [5, 5.41) is 56.8. The maximum absolute atomic E-state index is 9.92. The van der Waals surface area contributed by atoms with E-state index in [1.165, 1.54) is 20.8 Å². The van der Waals surface area contributed by atoms with Crippen LogP contribution in [0.4, 0.5) is 0 Å². The van der Waals surface area contributed by atoms with Crippen LogP contribution in [0, 0.1) is 5.92 Å². The number of aliphatic hydroxyl groups is 6. The molecule has 6 atom stereocenters. The normalized spacial score (nSPS) is 24.5. The molecule has 17 heavy (non-hydrogen) atoms. The molecule has 0 aromatic rings. The molecule has 0 spiro atoms. The lowest BCUT2D eigenvalue weighted by Crippen LogP contribution is -2.50. The van der Waals surface area contributed by atoms with Crippen LogP contribution in [0.3, 0.4) is 0 Å². The Hall–Kier alpha value is -0.240. The average Bonchev–Trinajstić information content (AvgIpc) is 2.23. The van der Waals surface area contributed by atoms with E-state index in [-0.39, 0.29) is 6.42 Å². The van der Waals surface area contributed by atoms with Crippen LogP contribution in [0.1, 0.15) is 27.2 Å². The molecule has 6 unspecified atom stereocenters. The largest absolute Gasteiger partial charge is 0.393 e. The molecule has 0 fully saturated rings. The Kier molecular flexibility index (Phi) is 6.53. The van der Waals surface area contributed by atoms with Gasteiger partial charge in [0.2, 0.25) is 0 Å². The van der Waals surface area contributed by atoms with Gasteiger partial charge in [0.1, 0.15) is 0 Å². The Bertz CT molecular complexity index is 216. The van der Waals surface area contributed by atoms with Crippen LogP contribution < -0.4 is 0 Å². The van der Waals surface area contributed by atoms with Crippen molar-refractivity contribution in [3.8, 4) is 0 Å². The third kappa shape index (κ3) is 4.87. The van der Waals surface area contributed by atoms with E-state index in [0.29, 0.717) is 0 Å². The lowest BCUT2D eigenvalue weighted by atomic mass is 9.79. The Balaban J connectivity index is 4.86. The van der Waals surface area contributed by atoms with Crippen LogP contribution in [0.2, 0.25) is 0 Å². The number of hydrogen-bond acceptors (Lipinski definition) is 6. The molecule has 0 aliphatic rings. The van der Waals surface area contributed by atoms with E-state index >= 15 is 0 Å². The first-order valence-corrected chi connectivity index (χ1v) is 5.69. The fourth-order valence-corrected chi connectivity index (χ4v) is 1.67. The van der Waals surface area contributed by atoms with Gasteiger partial charge in [-0.1, -0.05) is 0 Å². The molecule has 0 saturated heterocycles. The van der Waals surface area contributed by atoms with Gasteiger partial charge in [0.05, 0.1) is 36.6 Å². The second-order valence-corrected chi connectivity index (χ2v) is 4.90. The topological polar surface area (TPSA) is 121 Å². The summed E-state index contributed by atoms with van der Waals surface area (Å²) in [6.45, 7) is 3.41. The summed E-state index contributed by atoms with van der Waals surface area (Å²) in [5.74, 6) is -0.947. The molecule has 6 N–H and O–H groups in total. The summed E-state index contributed by atoms with van der Waals surface area (Å²) < 4.78 is 0. The maximum Gasteiger partial charge on any atom is 0.0904 e. The molecule has 0 rings (SSSR count). The first-order valence-electron chi connectivity index (χ1n) is 5.69. The summed E-state index contributed by atoms with van der Waals surface area (Å²) in [6.07, 6.45) is -4.71. The summed E-state index contributed by atoms with van der Waals surface area (Å²) in [4.78, 5) is 0. The molecule has 0 amide bonds. The molecule has 104 valence electrons. The molecule has 0 saturated carbocycles. The van der Waals surface area contributed by atoms with Crippen LogP contribution in [-0.4, -0.2) is 67.3 Å². The smallest absolute Gasteiger partial charge is 0.0904 e. The Morgan fingerprint density at radius 3 is 1.76 bits per heavy atom. The van der Waals surface area contributed by atoms with Gasteiger partial charge in [0.15, 0.2) is 0 Å². The summed E-state index contributed by atoms with van der Waals surface area (Å²) in [6, 6.07) is 0. The van der Waals surface area contributed by atoms with Crippen LogP contribution >= 0.6 is 0 Å². The lowest BCUT2D eigenvalue weighted by Gasteiger charge is -2.37. The van der Waals surface area contributed by atoms with Gasteiger partial charge >= 0.3 is 0 Å². The van der Waals surface area contributed by atoms with Crippen molar-refractivity contribution >= 4 is 0 Å². The molecule has 0 aliphatic carbocycles. The van der Waals surface area contributed by atoms with Crippen LogP contribution in [0.25, 0.3) is 0 Å². The quantitative estimate of drug-likeness (QED) is 0.318. The summed E-state index contributed by atoms with van der Waals surface area (Å²) >= 11 is 0. The SMILES string of the molecule is CC(O)C(O)CC(C(O)C(C)O)C(C)(O)CO. The van der Waals surface area contributed by atoms with Crippen molar-refractivity contribution in [2.75, 3.05) is 6.61 Å². The van der Waals surface area contributed by atoms with Gasteiger partial charge in [-0.3, -0.25) is 0 Å². The van der Waals surface area contributed by atoms with Crippen LogP contribution in [0.15, 0.2) is 0 Å². The standard InChI is InChI=1S/C11H24O6/c1-6(13)9(15)4-8(10(16)7(2)14)11(3,17)5-12/h6-10,12-17H,4-5H2,1-3H3. The molecule has 0 aromatic heterocycles. The maximum atomic E-state index is 9.92. The highest BCUT2D eigenvalue weighted by atomic mass is 16.3. The number of hydrogen-bond donors (Lipinski definition) is 6. The predicted octanol–water partition coefficient (Wildman–Crippen LogP) is -1.78. The molecule has 0 radical (unpaired) electrons. The molecule has 0 aliphatic heterocycles. The highest BCUT2D eigenvalue weighted by Gasteiger charge is 2.40. The van der Waals surface area contributed by atoms with Gasteiger partial charge in [-0.05, 0) is 27.2 Å². The Morgan fingerprint density at radius 2 is 1.47 bits per heavy atom. The summed E-state index contributed by atoms with van der Waals surface area (Å²) in [5.41, 5.74) is -1.65. The Morgan fingerprint density at radius 1 is 1.00 bits per heavy atom. The van der Waals surface area contributed by atoms with Crippen molar-refractivity contribution < 1.29 is 30.6 Å². The minimum absolute atomic E-state index is 0.128. The number of rotatable bonds is 7. The van der Waals surface area contributed by atoms with Crippen molar-refractivity contribution in [3.05, 3.63) is 0 Å². The zero-order valence-corrected chi connectivity index (χ0v) is 10.5. The lowest BCUT2D eigenvalue weighted by molar-refractivity contribution is -0.133. The van der Waals surface area contributed by atoms with Crippen LogP contribution in [-0.2, 0) is 0 Å². The van der Waals surface area contributed by atoms with Crippen molar-refractivity contribution in [1.82, 2.24) is 0 Å². The van der Waals surface area contributed by atoms with E-state index < -0.39 is 42.5 Å². The first-order chi connectivity index (χ1) is 7.63. The van der Waals surface area contributed by atoms with Crippen molar-refractivity contribution in [1.29, 1.82) is 0 Å². The minimum Gasteiger partial charge on any atom is -0.393 e. The monoisotopic (exact) mass is 252 g/mol. The van der Waals surface area contributed by atoms with E-state index in [1.54, 1.807) is 0 Å². The van der Waals surface area contributed by atoms with Gasteiger partial charge in [-0.25, -0.2) is 0 Å². The van der Waals surface area contributed by atoms with Gasteiger partial charge in [0.25, 0.3) is 0 Å². The molecule has 6 nitrogen and oxygen atoms in total. The van der Waals surface area contributed by atoms with Gasteiger partial charge in [-0.15, -0.1) is 0 Å². The van der Waals surface area contributed by atoms with E-state index in [0.717, 1.165) is 0 Å². The van der Waals surface area contributed by atoms with Crippen molar-refractivity contribution in [3.63, 3.8) is 0 Å². The molecular weight excluding hydrogens is 228 g/mol. The second-order valence-electron chi connectivity index (χ2n) is 4.90. The Labute approximate surface area is 101 Å². The van der Waals surface area contributed by atoms with E-state index in [1.807, 2.05) is 0 Å². The van der Waals surface area contributed by atoms with Crippen molar-refractivity contribution in [2.45, 2.75) is 57.2 Å². The molecule has 0 heterocycles. The zero-order chi connectivity index (χ0) is 13.8. The molecular formula is C11H24O6. The van der Waals surface area contributed by atoms with Gasteiger partial charge in [-0.2, -0.15) is 0 Å². The molecule has 6 heteroatoms. The first kappa shape index (κ1) is 16.8. The van der Waals surface area contributed by atoms with Crippen LogP contribution in [0.5, 0.6) is 0 Å². The second kappa shape index (κ2) is 6.63. The third-order valence-electron chi connectivity index (χ3n) is 3.08. The highest BCUT2D eigenvalue weighted by molar-refractivity contribution is 4.90. The third-order valence-corrected chi connectivity index (χ3v) is 3.08. The fraction of sp³-hybridized carbons (Fsp3) is 1.00. The zero-order valence-electron chi connectivity index (χ0n) is 10.5. The minimum atomic E-state index is -1.65. The van der Waals surface area contributed by atoms with Gasteiger partial charge < -0.3 is 30.6 Å². The predicted molar refractivity (Wildman–Crippen MR) is 61.2 cm³/mol. The number of aliphatic hydroxyl groups excluding tert-OH is 5. The van der Waals surface area contributed by atoms with E-state index in [9.17, 15) is 25.5 Å². The van der Waals surface area contributed by atoms with Gasteiger partial charge in [0, 0.05) is 5.92 Å². The van der Waals surface area contributed by atoms with E-state index in [4.69, 9.17) is 5.11 Å². The molecule has 0 aromatic carbocycles. The average molecular weight is 252 g/mol. The molecule has 0 bridgehead atoms. The summed E-state index contributed by atoms with van der Waals surface area (Å²) in [7, 11) is 0. The fourth-order valence-electron chi connectivity index (χ4n) is 1.67.